The quantitative estimate of drug-likeness (QED) is 0.558. The van der Waals surface area contributed by atoms with Crippen LogP contribution in [-0.4, -0.2) is 24.5 Å². The molecule has 2 bridgehead atoms. The van der Waals surface area contributed by atoms with Gasteiger partial charge in [0.05, 0.1) is 0 Å². The zero-order chi connectivity index (χ0) is 7.84. The fraction of sp³-hybridized carbons (Fsp3) is 1.00. The van der Waals surface area contributed by atoms with Crippen LogP contribution in [0.25, 0.3) is 0 Å². The molecule has 0 aromatic rings. The highest BCUT2D eigenvalue weighted by Crippen LogP contribution is 2.39. The van der Waals surface area contributed by atoms with Gasteiger partial charge in [0.1, 0.15) is 0 Å². The van der Waals surface area contributed by atoms with Crippen molar-refractivity contribution in [3.63, 3.8) is 0 Å². The van der Waals surface area contributed by atoms with E-state index in [1.807, 2.05) is 0 Å². The molecule has 0 N–H and O–H groups in total. The first-order valence-corrected chi connectivity index (χ1v) is 5.01. The topological polar surface area (TPSA) is 3.24 Å². The molecule has 0 aromatic heterocycles. The van der Waals surface area contributed by atoms with Gasteiger partial charge in [-0.3, -0.25) is 0 Å². The first-order chi connectivity index (χ1) is 5.31. The van der Waals surface area contributed by atoms with Crippen molar-refractivity contribution in [2.45, 2.75) is 38.6 Å². The van der Waals surface area contributed by atoms with E-state index in [-0.39, 0.29) is 0 Å². The molecule has 0 amide bonds. The minimum atomic E-state index is 0.935. The summed E-state index contributed by atoms with van der Waals surface area (Å²) in [5, 5.41) is 0. The number of rotatable bonds is 1. The van der Waals surface area contributed by atoms with Crippen molar-refractivity contribution in [2.75, 3.05) is 13.6 Å². The van der Waals surface area contributed by atoms with Gasteiger partial charge < -0.3 is 4.90 Å². The van der Waals surface area contributed by atoms with E-state index in [1.54, 1.807) is 0 Å². The van der Waals surface area contributed by atoms with Crippen molar-refractivity contribution in [3.8, 4) is 0 Å². The van der Waals surface area contributed by atoms with Crippen LogP contribution < -0.4 is 0 Å². The molecule has 3 aliphatic rings. The number of nitrogens with zero attached hydrogens (tertiary/aromatic N) is 1. The molecule has 64 valence electrons. The SMILES string of the molecule is CCC1CC2CCC1N(C)C2. The molecule has 2 heterocycles. The fourth-order valence-electron chi connectivity index (χ4n) is 3.07. The molecule has 1 saturated carbocycles. The molecular formula is C10H19N. The summed E-state index contributed by atoms with van der Waals surface area (Å²) in [7, 11) is 2.30. The van der Waals surface area contributed by atoms with Crippen LogP contribution in [0.4, 0.5) is 0 Å². The number of hydrogen-bond donors (Lipinski definition) is 0. The maximum Gasteiger partial charge on any atom is 0.0121 e. The Hall–Kier alpha value is -0.0400. The largest absolute Gasteiger partial charge is 0.303 e. The number of fused-ring (bicyclic) bond motifs is 3. The van der Waals surface area contributed by atoms with Crippen LogP contribution in [0, 0.1) is 11.8 Å². The van der Waals surface area contributed by atoms with Crippen LogP contribution in [0.2, 0.25) is 0 Å². The zero-order valence-corrected chi connectivity index (χ0v) is 7.71. The van der Waals surface area contributed by atoms with Crippen LogP contribution in [0.1, 0.15) is 32.6 Å². The van der Waals surface area contributed by atoms with E-state index in [2.05, 4.69) is 18.9 Å². The Kier molecular flexibility index (Phi) is 1.92. The smallest absolute Gasteiger partial charge is 0.0121 e. The molecular weight excluding hydrogens is 134 g/mol. The molecule has 0 spiro atoms. The third-order valence-electron chi connectivity index (χ3n) is 3.69. The lowest BCUT2D eigenvalue weighted by Gasteiger charge is -2.48. The summed E-state index contributed by atoms with van der Waals surface area (Å²) >= 11 is 0. The zero-order valence-electron chi connectivity index (χ0n) is 7.71. The molecule has 1 aliphatic carbocycles. The van der Waals surface area contributed by atoms with Crippen molar-refractivity contribution in [1.82, 2.24) is 4.90 Å². The lowest BCUT2D eigenvalue weighted by atomic mass is 9.72. The Balaban J connectivity index is 2.07. The lowest BCUT2D eigenvalue weighted by molar-refractivity contribution is 0.0186. The molecule has 1 nitrogen and oxygen atoms in total. The third kappa shape index (κ3) is 1.20. The highest BCUT2D eigenvalue weighted by molar-refractivity contribution is 4.91. The minimum Gasteiger partial charge on any atom is -0.303 e. The molecule has 0 aromatic carbocycles. The summed E-state index contributed by atoms with van der Waals surface area (Å²) in [5.41, 5.74) is 0. The maximum atomic E-state index is 2.59. The van der Waals surface area contributed by atoms with Crippen molar-refractivity contribution in [1.29, 1.82) is 0 Å². The predicted molar refractivity (Wildman–Crippen MR) is 47.5 cm³/mol. The van der Waals surface area contributed by atoms with Crippen LogP contribution in [0.3, 0.4) is 0 Å². The van der Waals surface area contributed by atoms with Gasteiger partial charge in [-0.25, -0.2) is 0 Å². The monoisotopic (exact) mass is 153 g/mol. The summed E-state index contributed by atoms with van der Waals surface area (Å²) in [4.78, 5) is 2.59. The Bertz CT molecular complexity index is 144. The normalized spacial score (nSPS) is 44.7. The Morgan fingerprint density at radius 2 is 2.18 bits per heavy atom. The second kappa shape index (κ2) is 2.78. The molecule has 3 atom stereocenters. The van der Waals surface area contributed by atoms with Gasteiger partial charge >= 0.3 is 0 Å². The molecule has 1 heteroatoms. The number of hydrogen-bond acceptors (Lipinski definition) is 1. The second-order valence-corrected chi connectivity index (χ2v) is 4.35. The molecule has 3 rings (SSSR count). The van der Waals surface area contributed by atoms with Gasteiger partial charge in [0.15, 0.2) is 0 Å². The highest BCUT2D eigenvalue weighted by Gasteiger charge is 2.37. The van der Waals surface area contributed by atoms with E-state index >= 15 is 0 Å². The van der Waals surface area contributed by atoms with Crippen LogP contribution in [0.5, 0.6) is 0 Å². The van der Waals surface area contributed by atoms with Crippen molar-refractivity contribution in [3.05, 3.63) is 0 Å². The van der Waals surface area contributed by atoms with Gasteiger partial charge in [0.25, 0.3) is 0 Å². The first-order valence-electron chi connectivity index (χ1n) is 5.01. The van der Waals surface area contributed by atoms with Crippen LogP contribution in [0.15, 0.2) is 0 Å². The lowest BCUT2D eigenvalue weighted by Crippen LogP contribution is -2.50. The van der Waals surface area contributed by atoms with Gasteiger partial charge in [-0.1, -0.05) is 13.3 Å². The molecule has 3 unspecified atom stereocenters. The van der Waals surface area contributed by atoms with Gasteiger partial charge in [0, 0.05) is 12.6 Å². The Morgan fingerprint density at radius 1 is 1.36 bits per heavy atom. The second-order valence-electron chi connectivity index (χ2n) is 4.35. The van der Waals surface area contributed by atoms with E-state index in [9.17, 15) is 0 Å². The average molecular weight is 153 g/mol. The van der Waals surface area contributed by atoms with E-state index in [1.165, 1.54) is 32.2 Å². The molecule has 2 saturated heterocycles. The standard InChI is InChI=1S/C10H19N/c1-3-9-6-8-4-5-10(9)11(2)7-8/h8-10H,3-7H2,1-2H3. The van der Waals surface area contributed by atoms with E-state index in [0.717, 1.165) is 17.9 Å². The molecule has 11 heavy (non-hydrogen) atoms. The summed E-state index contributed by atoms with van der Waals surface area (Å²) < 4.78 is 0. The van der Waals surface area contributed by atoms with Crippen LogP contribution >= 0.6 is 0 Å². The Morgan fingerprint density at radius 3 is 2.64 bits per heavy atom. The highest BCUT2D eigenvalue weighted by atomic mass is 15.2. The summed E-state index contributed by atoms with van der Waals surface area (Å²) in [6.45, 7) is 3.72. The van der Waals surface area contributed by atoms with Gasteiger partial charge in [-0.15, -0.1) is 0 Å². The van der Waals surface area contributed by atoms with E-state index in [0.29, 0.717) is 0 Å². The van der Waals surface area contributed by atoms with Gasteiger partial charge in [-0.05, 0) is 38.1 Å². The fourth-order valence-corrected chi connectivity index (χ4v) is 3.07. The average Bonchev–Trinajstić information content (AvgIpc) is 2.04. The summed E-state index contributed by atoms with van der Waals surface area (Å²) in [6, 6.07) is 0.935. The van der Waals surface area contributed by atoms with Gasteiger partial charge in [-0.2, -0.15) is 0 Å². The van der Waals surface area contributed by atoms with Crippen molar-refractivity contribution >= 4 is 0 Å². The van der Waals surface area contributed by atoms with Crippen molar-refractivity contribution in [2.24, 2.45) is 11.8 Å². The first kappa shape index (κ1) is 7.60. The third-order valence-corrected chi connectivity index (χ3v) is 3.69. The van der Waals surface area contributed by atoms with Gasteiger partial charge in [0.2, 0.25) is 0 Å². The molecule has 2 aliphatic heterocycles. The minimum absolute atomic E-state index is 0.935. The van der Waals surface area contributed by atoms with E-state index in [4.69, 9.17) is 0 Å². The summed E-state index contributed by atoms with van der Waals surface area (Å²) in [6.07, 6.45) is 5.89. The maximum absolute atomic E-state index is 2.59. The predicted octanol–water partition coefficient (Wildman–Crippen LogP) is 2.13. The van der Waals surface area contributed by atoms with E-state index < -0.39 is 0 Å². The summed E-state index contributed by atoms with van der Waals surface area (Å²) in [5.74, 6) is 2.06. The van der Waals surface area contributed by atoms with Crippen LogP contribution in [-0.2, 0) is 0 Å². The number of piperidine rings is 2. The molecule has 0 radical (unpaired) electrons. The Labute approximate surface area is 69.8 Å². The van der Waals surface area contributed by atoms with Crippen molar-refractivity contribution < 1.29 is 0 Å². The molecule has 3 fully saturated rings.